The molecule has 0 bridgehead atoms. The van der Waals surface area contributed by atoms with E-state index in [0.717, 1.165) is 5.92 Å². The van der Waals surface area contributed by atoms with Crippen molar-refractivity contribution < 1.29 is 5.11 Å². The highest BCUT2D eigenvalue weighted by atomic mass is 16.2. The zero-order chi connectivity index (χ0) is 10.6. The first-order valence-corrected chi connectivity index (χ1v) is 5.36. The van der Waals surface area contributed by atoms with Gasteiger partial charge < -0.3 is 5.11 Å². The molecule has 0 amide bonds. The van der Waals surface area contributed by atoms with Crippen LogP contribution in [0.3, 0.4) is 0 Å². The van der Waals surface area contributed by atoms with Crippen molar-refractivity contribution in [2.45, 2.75) is 33.6 Å². The molecule has 1 aromatic rings. The monoisotopic (exact) mass is 192 g/mol. The van der Waals surface area contributed by atoms with Crippen LogP contribution < -0.4 is 0 Å². The molecular weight excluding hydrogens is 172 g/mol. The van der Waals surface area contributed by atoms with Crippen LogP contribution in [-0.4, -0.2) is 11.7 Å². The molecule has 0 spiro atoms. The normalized spacial score (nSPS) is 18.4. The van der Waals surface area contributed by atoms with Crippen molar-refractivity contribution >= 4 is 0 Å². The van der Waals surface area contributed by atoms with Crippen molar-refractivity contribution in [2.75, 3.05) is 6.61 Å². The largest absolute Gasteiger partial charge is 0.397 e. The lowest BCUT2D eigenvalue weighted by atomic mass is 10.1. The van der Waals surface area contributed by atoms with Crippen LogP contribution in [0.15, 0.2) is 18.2 Å². The van der Waals surface area contributed by atoms with E-state index in [1.807, 2.05) is 0 Å². The first kappa shape index (κ1) is 11.3. The maximum Gasteiger partial charge on any atom is 0.0402 e. The number of hydrogen-bond acceptors (Lipinski definition) is 1. The Morgan fingerprint density at radius 3 is 2.50 bits per heavy atom. The highest BCUT2D eigenvalue weighted by molar-refractivity contribution is 5.35. The molecule has 0 aromatic heterocycles. The van der Waals surface area contributed by atoms with Crippen LogP contribution in [0.5, 0.6) is 0 Å². The third-order valence-electron chi connectivity index (χ3n) is 2.50. The van der Waals surface area contributed by atoms with Crippen LogP contribution in [0.25, 0.3) is 0 Å². The van der Waals surface area contributed by atoms with Gasteiger partial charge in [-0.1, -0.05) is 30.7 Å². The van der Waals surface area contributed by atoms with Gasteiger partial charge in [0.1, 0.15) is 0 Å². The van der Waals surface area contributed by atoms with Crippen LogP contribution in [0.1, 0.15) is 30.5 Å². The first-order chi connectivity index (χ1) is 6.67. The number of benzene rings is 1. The summed E-state index contributed by atoms with van der Waals surface area (Å²) in [4.78, 5) is 0. The van der Waals surface area contributed by atoms with Crippen LogP contribution in [0.2, 0.25) is 0 Å². The summed E-state index contributed by atoms with van der Waals surface area (Å²) >= 11 is 0. The summed E-state index contributed by atoms with van der Waals surface area (Å²) in [5, 5.41) is 7.57. The molecule has 0 aliphatic heterocycles. The second-order valence-electron chi connectivity index (χ2n) is 4.10. The van der Waals surface area contributed by atoms with Gasteiger partial charge in [0, 0.05) is 6.61 Å². The van der Waals surface area contributed by atoms with Gasteiger partial charge in [0.2, 0.25) is 0 Å². The summed E-state index contributed by atoms with van der Waals surface area (Å²) in [6.07, 6.45) is 2.58. The third kappa shape index (κ3) is 2.85. The molecule has 78 valence electrons. The highest BCUT2D eigenvalue weighted by Gasteiger charge is 2.16. The van der Waals surface area contributed by atoms with Gasteiger partial charge in [0.25, 0.3) is 0 Å². The molecule has 1 N–H and O–H groups in total. The highest BCUT2D eigenvalue weighted by Crippen LogP contribution is 2.26. The fourth-order valence-corrected chi connectivity index (χ4v) is 1.97. The fourth-order valence-electron chi connectivity index (χ4n) is 1.97. The number of aliphatic hydroxyl groups excluding tert-OH is 1. The molecule has 1 atom stereocenters. The van der Waals surface area contributed by atoms with Gasteiger partial charge in [-0.05, 0) is 43.7 Å². The molecule has 0 saturated carbocycles. The van der Waals surface area contributed by atoms with E-state index in [1.165, 1.54) is 18.4 Å². The Hall–Kier alpha value is -0.820. The first-order valence-electron chi connectivity index (χ1n) is 5.36. The second kappa shape index (κ2) is 5.16. The van der Waals surface area contributed by atoms with Crippen LogP contribution in [-0.2, 0) is 12.8 Å². The van der Waals surface area contributed by atoms with E-state index in [9.17, 15) is 0 Å². The Morgan fingerprint density at radius 1 is 1.29 bits per heavy atom. The van der Waals surface area contributed by atoms with Gasteiger partial charge in [-0.15, -0.1) is 0 Å². The lowest BCUT2D eigenvalue weighted by Crippen LogP contribution is -1.89. The Kier molecular flexibility index (Phi) is 4.15. The Labute approximate surface area is 86.8 Å². The predicted octanol–water partition coefficient (Wildman–Crippen LogP) is 2.73. The molecule has 0 heterocycles. The maximum absolute atomic E-state index is 7.57. The van der Waals surface area contributed by atoms with Gasteiger partial charge in [0.05, 0.1) is 0 Å². The SMILES string of the molecule is CCO.Cc1ccc2c(c1)CC(C)C2. The summed E-state index contributed by atoms with van der Waals surface area (Å²) < 4.78 is 0. The van der Waals surface area contributed by atoms with E-state index in [2.05, 4.69) is 32.0 Å². The molecule has 1 nitrogen and oxygen atoms in total. The van der Waals surface area contributed by atoms with Gasteiger partial charge in [-0.3, -0.25) is 0 Å². The van der Waals surface area contributed by atoms with Crippen molar-refractivity contribution in [1.82, 2.24) is 0 Å². The topological polar surface area (TPSA) is 20.2 Å². The number of fused-ring (bicyclic) bond motifs is 1. The van der Waals surface area contributed by atoms with Gasteiger partial charge >= 0.3 is 0 Å². The summed E-state index contributed by atoms with van der Waals surface area (Å²) in [6.45, 7) is 6.43. The van der Waals surface area contributed by atoms with E-state index >= 15 is 0 Å². The van der Waals surface area contributed by atoms with E-state index < -0.39 is 0 Å². The van der Waals surface area contributed by atoms with Crippen molar-refractivity contribution in [2.24, 2.45) is 5.92 Å². The molecule has 0 radical (unpaired) electrons. The minimum Gasteiger partial charge on any atom is -0.397 e. The van der Waals surface area contributed by atoms with Crippen molar-refractivity contribution in [1.29, 1.82) is 0 Å². The summed E-state index contributed by atoms with van der Waals surface area (Å²) in [6, 6.07) is 6.84. The summed E-state index contributed by atoms with van der Waals surface area (Å²) in [5.74, 6) is 0.867. The Bertz CT molecular complexity index is 291. The van der Waals surface area contributed by atoms with Crippen LogP contribution >= 0.6 is 0 Å². The Morgan fingerprint density at radius 2 is 1.86 bits per heavy atom. The number of hydrogen-bond donors (Lipinski definition) is 1. The molecule has 1 aliphatic rings. The van der Waals surface area contributed by atoms with Crippen molar-refractivity contribution in [3.8, 4) is 0 Å². The smallest absolute Gasteiger partial charge is 0.0402 e. The minimum atomic E-state index is 0.250. The summed E-state index contributed by atoms with van der Waals surface area (Å²) in [7, 11) is 0. The van der Waals surface area contributed by atoms with Gasteiger partial charge in [-0.25, -0.2) is 0 Å². The maximum atomic E-state index is 7.57. The molecule has 1 aromatic carbocycles. The van der Waals surface area contributed by atoms with Crippen molar-refractivity contribution in [3.05, 3.63) is 34.9 Å². The molecular formula is C13H20O. The molecule has 14 heavy (non-hydrogen) atoms. The molecule has 2 rings (SSSR count). The quantitative estimate of drug-likeness (QED) is 0.670. The standard InChI is InChI=1S/C11H14.C2H6O/c1-8-3-4-10-6-9(2)7-11(10)5-8;1-2-3/h3-5,9H,6-7H2,1-2H3;3H,2H2,1H3. The number of aliphatic hydroxyl groups is 1. The van der Waals surface area contributed by atoms with Crippen molar-refractivity contribution in [3.63, 3.8) is 0 Å². The Balaban J connectivity index is 0.000000293. The van der Waals surface area contributed by atoms with Crippen LogP contribution in [0, 0.1) is 12.8 Å². The molecule has 1 heteroatoms. The molecule has 1 aliphatic carbocycles. The lowest BCUT2D eigenvalue weighted by molar-refractivity contribution is 0.318. The fraction of sp³-hybridized carbons (Fsp3) is 0.538. The van der Waals surface area contributed by atoms with E-state index in [0.29, 0.717) is 0 Å². The van der Waals surface area contributed by atoms with Gasteiger partial charge in [0.15, 0.2) is 0 Å². The number of rotatable bonds is 0. The van der Waals surface area contributed by atoms with Crippen LogP contribution in [0.4, 0.5) is 0 Å². The zero-order valence-corrected chi connectivity index (χ0v) is 9.38. The third-order valence-corrected chi connectivity index (χ3v) is 2.50. The van der Waals surface area contributed by atoms with Gasteiger partial charge in [-0.2, -0.15) is 0 Å². The summed E-state index contributed by atoms with van der Waals surface area (Å²) in [5.41, 5.74) is 4.55. The average Bonchev–Trinajstić information content (AvgIpc) is 2.45. The van der Waals surface area contributed by atoms with E-state index in [1.54, 1.807) is 18.1 Å². The predicted molar refractivity (Wildman–Crippen MR) is 60.5 cm³/mol. The minimum absolute atomic E-state index is 0.250. The average molecular weight is 192 g/mol. The molecule has 0 saturated heterocycles. The zero-order valence-electron chi connectivity index (χ0n) is 9.38. The lowest BCUT2D eigenvalue weighted by Gasteiger charge is -1.98. The molecule has 0 fully saturated rings. The second-order valence-corrected chi connectivity index (χ2v) is 4.10. The van der Waals surface area contributed by atoms with E-state index in [-0.39, 0.29) is 6.61 Å². The van der Waals surface area contributed by atoms with E-state index in [4.69, 9.17) is 5.11 Å². The number of aryl methyl sites for hydroxylation is 1. The molecule has 1 unspecified atom stereocenters.